The third kappa shape index (κ3) is 5.16. The highest BCUT2D eigenvalue weighted by atomic mass is 28.3. The van der Waals surface area contributed by atoms with E-state index in [0.717, 1.165) is 0 Å². The van der Waals surface area contributed by atoms with Crippen molar-refractivity contribution in [3.05, 3.63) is 0 Å². The van der Waals surface area contributed by atoms with E-state index in [1.54, 1.807) is 0 Å². The van der Waals surface area contributed by atoms with Gasteiger partial charge in [0.15, 0.2) is 0 Å². The van der Waals surface area contributed by atoms with Gasteiger partial charge in [-0.3, -0.25) is 0 Å². The standard InChI is InChI=1S/C13H31NSi/c1-6-7-8-9-10-11-13(14,12(2)3)15(4)5/h12,15H,6-11,14H2,1-5H3. The maximum absolute atomic E-state index is 6.56. The first-order chi connectivity index (χ1) is 6.95. The highest BCUT2D eigenvalue weighted by Crippen LogP contribution is 2.24. The monoisotopic (exact) mass is 229 g/mol. The molecule has 0 radical (unpaired) electrons. The SMILES string of the molecule is CCCCCCCC(N)(C(C)C)[SiH](C)C. The maximum Gasteiger partial charge on any atom is 0.0545 e. The number of nitrogens with two attached hydrogens (primary N) is 1. The van der Waals surface area contributed by atoms with Crippen LogP contribution >= 0.6 is 0 Å². The van der Waals surface area contributed by atoms with Gasteiger partial charge in [-0.05, 0) is 12.3 Å². The predicted octanol–water partition coefficient (Wildman–Crippen LogP) is 3.73. The third-order valence-electron chi connectivity index (χ3n) is 3.86. The summed E-state index contributed by atoms with van der Waals surface area (Å²) in [4.78, 5) is 0. The third-order valence-corrected chi connectivity index (χ3v) is 6.97. The molecule has 0 rings (SSSR count). The summed E-state index contributed by atoms with van der Waals surface area (Å²) in [6.07, 6.45) is 8.07. The average molecular weight is 229 g/mol. The second kappa shape index (κ2) is 7.45. The first-order valence-electron chi connectivity index (χ1n) is 6.74. The van der Waals surface area contributed by atoms with Crippen LogP contribution in [0.15, 0.2) is 0 Å². The topological polar surface area (TPSA) is 26.0 Å². The molecule has 92 valence electrons. The van der Waals surface area contributed by atoms with Crippen molar-refractivity contribution >= 4 is 8.80 Å². The van der Waals surface area contributed by atoms with Crippen molar-refractivity contribution in [3.63, 3.8) is 0 Å². The van der Waals surface area contributed by atoms with E-state index in [0.29, 0.717) is 5.92 Å². The van der Waals surface area contributed by atoms with Crippen LogP contribution in [0.5, 0.6) is 0 Å². The minimum Gasteiger partial charge on any atom is -0.328 e. The lowest BCUT2D eigenvalue weighted by Gasteiger charge is -2.37. The van der Waals surface area contributed by atoms with Gasteiger partial charge in [0.2, 0.25) is 0 Å². The Balaban J connectivity index is 3.88. The number of rotatable bonds is 8. The summed E-state index contributed by atoms with van der Waals surface area (Å²) < 4.78 is 0. The molecule has 0 aromatic rings. The van der Waals surface area contributed by atoms with E-state index in [-0.39, 0.29) is 5.16 Å². The summed E-state index contributed by atoms with van der Waals surface area (Å²) in [7, 11) is -0.739. The smallest absolute Gasteiger partial charge is 0.0545 e. The number of unbranched alkanes of at least 4 members (excludes halogenated alkanes) is 4. The molecule has 1 unspecified atom stereocenters. The molecule has 0 aliphatic heterocycles. The highest BCUT2D eigenvalue weighted by molar-refractivity contribution is 6.59. The molecule has 0 fully saturated rings. The predicted molar refractivity (Wildman–Crippen MR) is 74.0 cm³/mol. The zero-order chi connectivity index (χ0) is 11.9. The summed E-state index contributed by atoms with van der Waals surface area (Å²) in [6.45, 7) is 11.6. The molecule has 1 atom stereocenters. The molecule has 15 heavy (non-hydrogen) atoms. The molecule has 0 saturated heterocycles. The lowest BCUT2D eigenvalue weighted by molar-refractivity contribution is 0.380. The van der Waals surface area contributed by atoms with Crippen LogP contribution in [0.1, 0.15) is 59.3 Å². The number of hydrogen-bond acceptors (Lipinski definition) is 1. The zero-order valence-electron chi connectivity index (χ0n) is 11.5. The quantitative estimate of drug-likeness (QED) is 0.498. The maximum atomic E-state index is 6.56. The van der Waals surface area contributed by atoms with Gasteiger partial charge in [0.25, 0.3) is 0 Å². The van der Waals surface area contributed by atoms with E-state index in [9.17, 15) is 0 Å². The fourth-order valence-corrected chi connectivity index (χ4v) is 4.39. The second-order valence-corrected chi connectivity index (χ2v) is 8.97. The molecule has 1 nitrogen and oxygen atoms in total. The Morgan fingerprint density at radius 1 is 1.07 bits per heavy atom. The first kappa shape index (κ1) is 15.2. The van der Waals surface area contributed by atoms with Gasteiger partial charge < -0.3 is 5.73 Å². The molecule has 0 amide bonds. The van der Waals surface area contributed by atoms with Crippen LogP contribution in [0, 0.1) is 5.92 Å². The van der Waals surface area contributed by atoms with Crippen LogP contribution in [0.25, 0.3) is 0 Å². The van der Waals surface area contributed by atoms with E-state index in [2.05, 4.69) is 33.9 Å². The Morgan fingerprint density at radius 2 is 1.60 bits per heavy atom. The van der Waals surface area contributed by atoms with E-state index in [1.165, 1.54) is 38.5 Å². The van der Waals surface area contributed by atoms with Crippen molar-refractivity contribution in [2.45, 2.75) is 77.6 Å². The molecular weight excluding hydrogens is 198 g/mol. The minimum absolute atomic E-state index is 0.187. The Hall–Kier alpha value is 0.177. The van der Waals surface area contributed by atoms with Gasteiger partial charge in [-0.1, -0.05) is 66.0 Å². The van der Waals surface area contributed by atoms with E-state index in [4.69, 9.17) is 5.73 Å². The fourth-order valence-electron chi connectivity index (χ4n) is 2.28. The zero-order valence-corrected chi connectivity index (χ0v) is 12.6. The van der Waals surface area contributed by atoms with Crippen LogP contribution in [0.4, 0.5) is 0 Å². The first-order valence-corrected chi connectivity index (χ1v) is 9.62. The van der Waals surface area contributed by atoms with Gasteiger partial charge >= 0.3 is 0 Å². The van der Waals surface area contributed by atoms with Gasteiger partial charge in [0, 0.05) is 5.16 Å². The van der Waals surface area contributed by atoms with Crippen LogP contribution in [-0.2, 0) is 0 Å². The molecule has 0 heterocycles. The molecule has 0 spiro atoms. The van der Waals surface area contributed by atoms with Gasteiger partial charge in [-0.25, -0.2) is 0 Å². The fraction of sp³-hybridized carbons (Fsp3) is 1.00. The average Bonchev–Trinajstić information content (AvgIpc) is 2.16. The van der Waals surface area contributed by atoms with Crippen LogP contribution in [-0.4, -0.2) is 14.0 Å². The Kier molecular flexibility index (Phi) is 7.54. The molecule has 0 bridgehead atoms. The normalized spacial score (nSPS) is 16.0. The molecular formula is C13H31NSi. The van der Waals surface area contributed by atoms with Crippen molar-refractivity contribution in [2.24, 2.45) is 11.7 Å². The van der Waals surface area contributed by atoms with Gasteiger partial charge in [-0.2, -0.15) is 0 Å². The van der Waals surface area contributed by atoms with Crippen molar-refractivity contribution in [2.75, 3.05) is 0 Å². The molecule has 0 aromatic carbocycles. The molecule has 2 heteroatoms. The number of hydrogen-bond donors (Lipinski definition) is 1. The van der Waals surface area contributed by atoms with Crippen LogP contribution < -0.4 is 5.73 Å². The Morgan fingerprint density at radius 3 is 2.00 bits per heavy atom. The van der Waals surface area contributed by atoms with Gasteiger partial charge in [0.05, 0.1) is 8.80 Å². The van der Waals surface area contributed by atoms with Crippen molar-refractivity contribution in [3.8, 4) is 0 Å². The van der Waals surface area contributed by atoms with Gasteiger partial charge in [-0.15, -0.1) is 0 Å². The summed E-state index contributed by atoms with van der Waals surface area (Å²) in [5.41, 5.74) is 6.56. The second-order valence-electron chi connectivity index (χ2n) is 5.59. The summed E-state index contributed by atoms with van der Waals surface area (Å²) in [5.74, 6) is 0.648. The van der Waals surface area contributed by atoms with E-state index >= 15 is 0 Å². The molecule has 0 aliphatic rings. The van der Waals surface area contributed by atoms with Crippen molar-refractivity contribution in [1.82, 2.24) is 0 Å². The van der Waals surface area contributed by atoms with E-state index in [1.807, 2.05) is 0 Å². The summed E-state index contributed by atoms with van der Waals surface area (Å²) in [6, 6.07) is 0. The van der Waals surface area contributed by atoms with Crippen molar-refractivity contribution < 1.29 is 0 Å². The lowest BCUT2D eigenvalue weighted by Crippen LogP contribution is -2.55. The van der Waals surface area contributed by atoms with Crippen LogP contribution in [0.3, 0.4) is 0 Å². The summed E-state index contributed by atoms with van der Waals surface area (Å²) in [5, 5.41) is 0.187. The Bertz CT molecular complexity index is 147. The minimum atomic E-state index is -0.739. The lowest BCUT2D eigenvalue weighted by atomic mass is 9.97. The molecule has 2 N–H and O–H groups in total. The largest absolute Gasteiger partial charge is 0.328 e. The highest BCUT2D eigenvalue weighted by Gasteiger charge is 2.32. The van der Waals surface area contributed by atoms with Crippen molar-refractivity contribution in [1.29, 1.82) is 0 Å². The van der Waals surface area contributed by atoms with E-state index < -0.39 is 8.80 Å². The van der Waals surface area contributed by atoms with Gasteiger partial charge in [0.1, 0.15) is 0 Å². The van der Waals surface area contributed by atoms with Crippen LogP contribution in [0.2, 0.25) is 13.1 Å². The molecule has 0 saturated carbocycles. The molecule has 0 aromatic heterocycles. The summed E-state index contributed by atoms with van der Waals surface area (Å²) >= 11 is 0. The molecule has 0 aliphatic carbocycles. The Labute approximate surface area is 98.4 Å².